The predicted octanol–water partition coefficient (Wildman–Crippen LogP) is 3.85. The second-order valence-electron chi connectivity index (χ2n) is 10.8. The van der Waals surface area contributed by atoms with Gasteiger partial charge in [-0.25, -0.2) is 0 Å². The number of fused-ring (bicyclic) bond motifs is 1. The molecule has 3 aromatic rings. The summed E-state index contributed by atoms with van der Waals surface area (Å²) in [6.45, 7) is 2.22. The highest BCUT2D eigenvalue weighted by Crippen LogP contribution is 2.42. The average molecular weight is 537 g/mol. The van der Waals surface area contributed by atoms with E-state index >= 15 is 0 Å². The van der Waals surface area contributed by atoms with E-state index in [-0.39, 0.29) is 35.5 Å². The lowest BCUT2D eigenvalue weighted by Crippen LogP contribution is -2.49. The summed E-state index contributed by atoms with van der Waals surface area (Å²) >= 11 is 0. The summed E-state index contributed by atoms with van der Waals surface area (Å²) in [5.41, 5.74) is 0.871. The molecule has 3 aliphatic rings. The van der Waals surface area contributed by atoms with E-state index in [1.165, 1.54) is 4.90 Å². The number of rotatable bonds is 6. The molecule has 1 atom stereocenters. The van der Waals surface area contributed by atoms with Crippen molar-refractivity contribution in [3.63, 3.8) is 0 Å². The molecular weight excluding hydrogens is 509 g/mol. The van der Waals surface area contributed by atoms with E-state index in [0.29, 0.717) is 50.4 Å². The molecule has 3 aliphatic heterocycles. The van der Waals surface area contributed by atoms with Gasteiger partial charge in [0.1, 0.15) is 12.2 Å². The maximum Gasteiger partial charge on any atom is 0.416 e. The van der Waals surface area contributed by atoms with Crippen molar-refractivity contribution < 1.29 is 22.7 Å². The van der Waals surface area contributed by atoms with Gasteiger partial charge in [-0.1, -0.05) is 12.1 Å². The molecule has 202 valence electrons. The van der Waals surface area contributed by atoms with Crippen molar-refractivity contribution in [2.24, 2.45) is 13.0 Å². The third-order valence-corrected chi connectivity index (χ3v) is 8.10. The van der Waals surface area contributed by atoms with Crippen LogP contribution in [-0.2, 0) is 42.9 Å². The van der Waals surface area contributed by atoms with Crippen LogP contribution in [0.5, 0.6) is 0 Å². The van der Waals surface area contributed by atoms with Crippen LogP contribution >= 0.6 is 0 Å². The molecule has 0 N–H and O–H groups in total. The minimum absolute atomic E-state index is 0.00116. The van der Waals surface area contributed by atoms with Crippen LogP contribution in [0.2, 0.25) is 0 Å². The third-order valence-electron chi connectivity index (χ3n) is 8.10. The first-order valence-electron chi connectivity index (χ1n) is 12.8. The highest BCUT2D eigenvalue weighted by atomic mass is 19.4. The minimum atomic E-state index is -4.60. The number of ether oxygens (including phenoxy) is 1. The van der Waals surface area contributed by atoms with Crippen LogP contribution in [0.15, 0.2) is 42.7 Å². The lowest BCUT2D eigenvalue weighted by atomic mass is 9.75. The summed E-state index contributed by atoms with van der Waals surface area (Å²) in [5.74, 6) is 0.233. The van der Waals surface area contributed by atoms with E-state index in [1.807, 2.05) is 34.7 Å². The lowest BCUT2D eigenvalue weighted by Gasteiger charge is -2.42. The van der Waals surface area contributed by atoms with Crippen LogP contribution in [0.25, 0.3) is 0 Å². The highest BCUT2D eigenvalue weighted by Gasteiger charge is 2.43. The monoisotopic (exact) mass is 536 g/mol. The molecule has 2 saturated heterocycles. The number of nitriles is 1. The van der Waals surface area contributed by atoms with Crippen molar-refractivity contribution in [1.82, 2.24) is 19.7 Å². The molecule has 4 heterocycles. The first kappa shape index (κ1) is 25.5. The summed E-state index contributed by atoms with van der Waals surface area (Å²) < 4.78 is 50.0. The smallest absolute Gasteiger partial charge is 0.379 e. The Labute approximate surface area is 223 Å². The summed E-state index contributed by atoms with van der Waals surface area (Å²) in [6.07, 6.45) is -1.68. The summed E-state index contributed by atoms with van der Waals surface area (Å²) in [6, 6.07) is 12.4. The van der Waals surface area contributed by atoms with Gasteiger partial charge in [-0.15, -0.1) is 10.2 Å². The second-order valence-corrected chi connectivity index (χ2v) is 10.8. The fourth-order valence-corrected chi connectivity index (χ4v) is 5.85. The molecule has 0 bridgehead atoms. The largest absolute Gasteiger partial charge is 0.416 e. The first-order chi connectivity index (χ1) is 18.7. The van der Waals surface area contributed by atoms with Crippen LogP contribution in [0, 0.1) is 17.2 Å². The number of anilines is 1. The number of aromatic nitrogens is 3. The van der Waals surface area contributed by atoms with Crippen molar-refractivity contribution >= 4 is 11.6 Å². The number of benzene rings is 2. The van der Waals surface area contributed by atoms with Crippen LogP contribution in [0.1, 0.15) is 44.9 Å². The summed E-state index contributed by atoms with van der Waals surface area (Å²) in [5, 5.41) is 17.3. The molecule has 6 rings (SSSR count). The van der Waals surface area contributed by atoms with E-state index in [1.54, 1.807) is 18.5 Å². The predicted molar refractivity (Wildman–Crippen MR) is 135 cm³/mol. The van der Waals surface area contributed by atoms with Crippen molar-refractivity contribution in [3.05, 3.63) is 76.4 Å². The van der Waals surface area contributed by atoms with Crippen LogP contribution < -0.4 is 4.90 Å². The van der Waals surface area contributed by atoms with Gasteiger partial charge in [0.15, 0.2) is 0 Å². The maximum absolute atomic E-state index is 14.2. The number of carbonyl (C=O) groups excluding carboxylic acids is 1. The fraction of sp³-hybridized carbons (Fsp3) is 0.429. The number of alkyl halides is 3. The number of hydrogen-bond acceptors (Lipinski definition) is 6. The van der Waals surface area contributed by atoms with Crippen molar-refractivity contribution in [3.8, 4) is 6.07 Å². The molecule has 8 nitrogen and oxygen atoms in total. The zero-order valence-electron chi connectivity index (χ0n) is 21.4. The van der Waals surface area contributed by atoms with Crippen LogP contribution in [0.3, 0.4) is 0 Å². The first-order valence-corrected chi connectivity index (χ1v) is 12.8. The number of amides is 1. The Kier molecular flexibility index (Phi) is 6.19. The van der Waals surface area contributed by atoms with E-state index < -0.39 is 17.6 Å². The number of nitrogens with zero attached hydrogens (tertiary/aromatic N) is 6. The maximum atomic E-state index is 14.2. The Morgan fingerprint density at radius 2 is 2.05 bits per heavy atom. The lowest BCUT2D eigenvalue weighted by molar-refractivity contribution is -0.138. The topological polar surface area (TPSA) is 87.3 Å². The number of aryl methyl sites for hydroxylation is 1. The number of hydrogen-bond donors (Lipinski definition) is 0. The molecule has 2 aromatic carbocycles. The summed E-state index contributed by atoms with van der Waals surface area (Å²) in [4.78, 5) is 17.0. The molecule has 11 heteroatoms. The second kappa shape index (κ2) is 9.47. The van der Waals surface area contributed by atoms with Gasteiger partial charge in [0.25, 0.3) is 5.91 Å². The van der Waals surface area contributed by atoms with Gasteiger partial charge in [-0.3, -0.25) is 9.69 Å². The molecule has 1 amide bonds. The molecular formula is C28H27F3N6O2. The van der Waals surface area contributed by atoms with Gasteiger partial charge < -0.3 is 14.2 Å². The SMILES string of the molecule is Cn1cnnc1CC1(c2cccc(N3Cc4c(cc(CN5CC[C@@H](C#N)C5)cc4C(F)(F)F)C3=O)c2)COC1. The Balaban J connectivity index is 1.31. The Hall–Kier alpha value is -3.75. The normalized spacial score (nSPS) is 20.6. The Morgan fingerprint density at radius 1 is 1.23 bits per heavy atom. The van der Waals surface area contributed by atoms with E-state index in [0.717, 1.165) is 17.5 Å². The van der Waals surface area contributed by atoms with Crippen LogP contribution in [0.4, 0.5) is 18.9 Å². The quantitative estimate of drug-likeness (QED) is 0.476. The molecule has 0 aliphatic carbocycles. The van der Waals surface area contributed by atoms with E-state index in [9.17, 15) is 23.2 Å². The fourth-order valence-electron chi connectivity index (χ4n) is 5.85. The highest BCUT2D eigenvalue weighted by molar-refractivity contribution is 6.10. The standard InChI is InChI=1S/C28H27F3N6O2/c1-35-17-33-34-25(35)10-27(15-39-16-27)20-3-2-4-21(9-20)37-14-23-22(26(37)38)7-19(8-24(23)28(29,30)31)13-36-6-5-18(11-32)12-36/h2-4,7-9,17-18H,5-6,10,12-16H2,1H3/t18-/m0/s1. The van der Waals surface area contributed by atoms with Gasteiger partial charge in [0.2, 0.25) is 0 Å². The number of likely N-dealkylation sites (tertiary alicyclic amines) is 1. The van der Waals surface area contributed by atoms with Gasteiger partial charge >= 0.3 is 6.18 Å². The zero-order chi connectivity index (χ0) is 27.4. The Morgan fingerprint density at radius 3 is 2.69 bits per heavy atom. The van der Waals surface area contributed by atoms with Gasteiger partial charge in [-0.05, 0) is 53.9 Å². The van der Waals surface area contributed by atoms with Crippen molar-refractivity contribution in [1.29, 1.82) is 5.26 Å². The van der Waals surface area contributed by atoms with Crippen molar-refractivity contribution in [2.75, 3.05) is 31.2 Å². The van der Waals surface area contributed by atoms with Gasteiger partial charge in [-0.2, -0.15) is 18.4 Å². The van der Waals surface area contributed by atoms with Gasteiger partial charge in [0.05, 0.1) is 37.3 Å². The molecule has 0 spiro atoms. The van der Waals surface area contributed by atoms with Crippen LogP contribution in [-0.4, -0.2) is 51.9 Å². The molecule has 0 radical (unpaired) electrons. The van der Waals surface area contributed by atoms with E-state index in [4.69, 9.17) is 4.74 Å². The molecule has 0 unspecified atom stereocenters. The minimum Gasteiger partial charge on any atom is -0.379 e. The number of halogens is 3. The zero-order valence-corrected chi connectivity index (χ0v) is 21.4. The summed E-state index contributed by atoms with van der Waals surface area (Å²) in [7, 11) is 1.87. The Bertz CT molecular complexity index is 1470. The molecule has 2 fully saturated rings. The van der Waals surface area contributed by atoms with E-state index in [2.05, 4.69) is 16.3 Å². The number of carbonyl (C=O) groups is 1. The average Bonchev–Trinajstić information content (AvgIpc) is 3.60. The molecule has 1 aromatic heterocycles. The molecule has 39 heavy (non-hydrogen) atoms. The van der Waals surface area contributed by atoms with Gasteiger partial charge in [0, 0.05) is 43.2 Å². The third kappa shape index (κ3) is 4.57. The van der Waals surface area contributed by atoms with Crippen molar-refractivity contribution in [2.45, 2.75) is 37.5 Å². The molecule has 0 saturated carbocycles.